The third kappa shape index (κ3) is 2.64. The molecule has 0 radical (unpaired) electrons. The molecule has 1 aromatic heterocycles. The minimum atomic E-state index is 0.169. The van der Waals surface area contributed by atoms with E-state index in [1.165, 1.54) is 18.4 Å². The van der Waals surface area contributed by atoms with Crippen LogP contribution in [0.25, 0.3) is 0 Å². The molecule has 0 aliphatic heterocycles. The molecular formula is C16H21N3O. The average Bonchev–Trinajstić information content (AvgIpc) is 2.97. The van der Waals surface area contributed by atoms with E-state index in [2.05, 4.69) is 16.5 Å². The Hall–Kier alpha value is -1.97. The molecule has 0 amide bonds. The van der Waals surface area contributed by atoms with Crippen molar-refractivity contribution in [3.63, 3.8) is 0 Å². The zero-order valence-electron chi connectivity index (χ0n) is 11.8. The predicted molar refractivity (Wildman–Crippen MR) is 79.7 cm³/mol. The highest BCUT2D eigenvalue weighted by molar-refractivity contribution is 5.53. The maximum Gasteiger partial charge on any atom is 0.142 e. The summed E-state index contributed by atoms with van der Waals surface area (Å²) in [5.74, 6) is 0.807. The molecule has 1 heterocycles. The van der Waals surface area contributed by atoms with Crippen molar-refractivity contribution >= 4 is 5.69 Å². The number of aryl methyl sites for hydroxylation is 1. The molecule has 2 N–H and O–H groups in total. The molecule has 2 aromatic rings. The van der Waals surface area contributed by atoms with Crippen molar-refractivity contribution < 1.29 is 4.74 Å². The van der Waals surface area contributed by atoms with Gasteiger partial charge in [-0.25, -0.2) is 4.98 Å². The fraction of sp³-hybridized carbons (Fsp3) is 0.438. The van der Waals surface area contributed by atoms with Crippen LogP contribution in [0.15, 0.2) is 36.9 Å². The zero-order chi connectivity index (χ0) is 13.9. The van der Waals surface area contributed by atoms with Crippen molar-refractivity contribution in [2.45, 2.75) is 44.8 Å². The Bertz CT molecular complexity index is 565. The lowest BCUT2D eigenvalue weighted by Crippen LogP contribution is -2.32. The van der Waals surface area contributed by atoms with E-state index in [4.69, 9.17) is 10.5 Å². The van der Waals surface area contributed by atoms with Gasteiger partial charge in [0.2, 0.25) is 0 Å². The van der Waals surface area contributed by atoms with Crippen LogP contribution in [0.3, 0.4) is 0 Å². The summed E-state index contributed by atoms with van der Waals surface area (Å²) >= 11 is 0. The van der Waals surface area contributed by atoms with Gasteiger partial charge in [-0.1, -0.05) is 12.5 Å². The minimum absolute atomic E-state index is 0.169. The molecule has 106 valence electrons. The lowest BCUT2D eigenvalue weighted by molar-refractivity contribution is 0.0984. The van der Waals surface area contributed by atoms with Crippen LogP contribution in [0, 0.1) is 6.92 Å². The van der Waals surface area contributed by atoms with Crippen LogP contribution in [-0.2, 0) is 0 Å². The molecule has 4 nitrogen and oxygen atoms in total. The molecule has 2 atom stereocenters. The van der Waals surface area contributed by atoms with Crippen molar-refractivity contribution in [3.8, 4) is 5.75 Å². The second-order valence-corrected chi connectivity index (χ2v) is 5.56. The van der Waals surface area contributed by atoms with Crippen molar-refractivity contribution in [2.75, 3.05) is 5.73 Å². The summed E-state index contributed by atoms with van der Waals surface area (Å²) in [6.45, 7) is 2.06. The van der Waals surface area contributed by atoms with Crippen molar-refractivity contribution in [3.05, 3.63) is 42.5 Å². The molecule has 1 saturated carbocycles. The van der Waals surface area contributed by atoms with Crippen LogP contribution in [0.5, 0.6) is 5.75 Å². The SMILES string of the molecule is Cc1ccc(N)c(OC2CCCCC2n2ccnc2)c1. The molecule has 0 saturated heterocycles. The molecule has 1 aromatic carbocycles. The Kier molecular flexibility index (Phi) is 3.63. The summed E-state index contributed by atoms with van der Waals surface area (Å²) in [7, 11) is 0. The Morgan fingerprint density at radius 3 is 2.95 bits per heavy atom. The summed E-state index contributed by atoms with van der Waals surface area (Å²) in [6, 6.07) is 6.30. The van der Waals surface area contributed by atoms with E-state index in [9.17, 15) is 0 Å². The van der Waals surface area contributed by atoms with Gasteiger partial charge in [0.25, 0.3) is 0 Å². The average molecular weight is 271 g/mol. The first kappa shape index (κ1) is 13.0. The van der Waals surface area contributed by atoms with Gasteiger partial charge in [0.05, 0.1) is 18.1 Å². The first-order valence-corrected chi connectivity index (χ1v) is 7.24. The third-order valence-corrected chi connectivity index (χ3v) is 4.02. The second kappa shape index (κ2) is 5.57. The molecule has 0 spiro atoms. The van der Waals surface area contributed by atoms with E-state index in [-0.39, 0.29) is 6.10 Å². The Labute approximate surface area is 119 Å². The number of nitrogen functional groups attached to an aromatic ring is 1. The van der Waals surface area contributed by atoms with Crippen LogP contribution < -0.4 is 10.5 Å². The first-order chi connectivity index (χ1) is 9.74. The monoisotopic (exact) mass is 271 g/mol. The zero-order valence-corrected chi connectivity index (χ0v) is 11.8. The standard InChI is InChI=1S/C16H21N3O/c1-12-6-7-13(17)16(10-12)20-15-5-3-2-4-14(15)19-9-8-18-11-19/h6-11,14-15H,2-5,17H2,1H3. The highest BCUT2D eigenvalue weighted by Gasteiger charge is 2.28. The fourth-order valence-electron chi connectivity index (χ4n) is 2.93. The van der Waals surface area contributed by atoms with Gasteiger partial charge in [0.15, 0.2) is 0 Å². The van der Waals surface area contributed by atoms with E-state index in [0.29, 0.717) is 11.7 Å². The Balaban J connectivity index is 1.82. The molecule has 1 fully saturated rings. The summed E-state index contributed by atoms with van der Waals surface area (Å²) in [5.41, 5.74) is 7.91. The molecule has 0 bridgehead atoms. The highest BCUT2D eigenvalue weighted by atomic mass is 16.5. The molecule has 2 unspecified atom stereocenters. The van der Waals surface area contributed by atoms with Crippen LogP contribution in [0.1, 0.15) is 37.3 Å². The van der Waals surface area contributed by atoms with Crippen LogP contribution in [-0.4, -0.2) is 15.7 Å². The first-order valence-electron chi connectivity index (χ1n) is 7.24. The highest BCUT2D eigenvalue weighted by Crippen LogP contribution is 2.34. The quantitative estimate of drug-likeness (QED) is 0.871. The van der Waals surface area contributed by atoms with Gasteiger partial charge in [0.1, 0.15) is 11.9 Å². The van der Waals surface area contributed by atoms with E-state index in [0.717, 1.165) is 18.6 Å². The number of nitrogens with zero attached hydrogens (tertiary/aromatic N) is 2. The Morgan fingerprint density at radius 2 is 2.15 bits per heavy atom. The summed E-state index contributed by atoms with van der Waals surface area (Å²) in [4.78, 5) is 4.15. The number of imidazole rings is 1. The van der Waals surface area contributed by atoms with Gasteiger partial charge in [0, 0.05) is 12.4 Å². The minimum Gasteiger partial charge on any atom is -0.486 e. The fourth-order valence-corrected chi connectivity index (χ4v) is 2.93. The van der Waals surface area contributed by atoms with E-state index >= 15 is 0 Å². The lowest BCUT2D eigenvalue weighted by atomic mass is 9.92. The molecular weight excluding hydrogens is 250 g/mol. The van der Waals surface area contributed by atoms with Gasteiger partial charge >= 0.3 is 0 Å². The van der Waals surface area contributed by atoms with Gasteiger partial charge in [-0.05, 0) is 43.9 Å². The van der Waals surface area contributed by atoms with E-state index in [1.807, 2.05) is 36.9 Å². The number of anilines is 1. The van der Waals surface area contributed by atoms with Crippen LogP contribution >= 0.6 is 0 Å². The van der Waals surface area contributed by atoms with Crippen molar-refractivity contribution in [1.82, 2.24) is 9.55 Å². The van der Waals surface area contributed by atoms with Crippen LogP contribution in [0.2, 0.25) is 0 Å². The smallest absolute Gasteiger partial charge is 0.142 e. The predicted octanol–water partition coefficient (Wildman–Crippen LogP) is 3.34. The van der Waals surface area contributed by atoms with Crippen molar-refractivity contribution in [2.24, 2.45) is 0 Å². The van der Waals surface area contributed by atoms with E-state index in [1.54, 1.807) is 0 Å². The summed E-state index contributed by atoms with van der Waals surface area (Å²) < 4.78 is 8.39. The number of ether oxygens (including phenoxy) is 1. The second-order valence-electron chi connectivity index (χ2n) is 5.56. The van der Waals surface area contributed by atoms with E-state index < -0.39 is 0 Å². The van der Waals surface area contributed by atoms with Crippen LogP contribution in [0.4, 0.5) is 5.69 Å². The normalized spacial score (nSPS) is 22.6. The largest absolute Gasteiger partial charge is 0.486 e. The maximum atomic E-state index is 6.23. The van der Waals surface area contributed by atoms with Gasteiger partial charge in [-0.2, -0.15) is 0 Å². The van der Waals surface area contributed by atoms with Crippen molar-refractivity contribution in [1.29, 1.82) is 0 Å². The number of benzene rings is 1. The van der Waals surface area contributed by atoms with Gasteiger partial charge in [-0.3, -0.25) is 0 Å². The third-order valence-electron chi connectivity index (χ3n) is 4.02. The molecule has 1 aliphatic carbocycles. The number of hydrogen-bond donors (Lipinski definition) is 1. The molecule has 20 heavy (non-hydrogen) atoms. The van der Waals surface area contributed by atoms with Gasteiger partial charge < -0.3 is 15.0 Å². The number of nitrogens with two attached hydrogens (primary N) is 1. The topological polar surface area (TPSA) is 53.1 Å². The maximum absolute atomic E-state index is 6.23. The summed E-state index contributed by atoms with van der Waals surface area (Å²) in [5, 5.41) is 0. The number of rotatable bonds is 3. The lowest BCUT2D eigenvalue weighted by Gasteiger charge is -2.33. The number of hydrogen-bond acceptors (Lipinski definition) is 3. The molecule has 1 aliphatic rings. The van der Waals surface area contributed by atoms with Gasteiger partial charge in [-0.15, -0.1) is 0 Å². The summed E-state index contributed by atoms with van der Waals surface area (Å²) in [6.07, 6.45) is 10.5. The Morgan fingerprint density at radius 1 is 1.30 bits per heavy atom. The molecule has 3 rings (SSSR count). The number of aromatic nitrogens is 2. The molecule has 4 heteroatoms.